The molecule has 0 spiro atoms. The first-order valence-corrected chi connectivity index (χ1v) is 36.4. The Kier molecular flexibility index (Phi) is 20.2. The number of rotatable bonds is 10. The molecule has 20 atom stereocenters. The van der Waals surface area contributed by atoms with E-state index >= 15 is 0 Å². The Morgan fingerprint density at radius 2 is 0.733 bits per heavy atom. The first-order valence-electron chi connectivity index (χ1n) is 36.4. The summed E-state index contributed by atoms with van der Waals surface area (Å²) in [4.78, 5) is 0. The summed E-state index contributed by atoms with van der Waals surface area (Å²) >= 11 is 0. The second-order valence-corrected chi connectivity index (χ2v) is 33.6. The van der Waals surface area contributed by atoms with Crippen LogP contribution in [0.5, 0.6) is 0 Å². The monoisotopic (exact) mass is 1030 g/mol. The largest absolute Gasteiger partial charge is 0.0654 e. The molecule has 0 radical (unpaired) electrons. The zero-order valence-corrected chi connectivity index (χ0v) is 52.4. The maximum atomic E-state index is 2.81. The van der Waals surface area contributed by atoms with Gasteiger partial charge in [-0.1, -0.05) is 204 Å². The summed E-state index contributed by atoms with van der Waals surface area (Å²) in [6.07, 6.45) is 61.7. The maximum Gasteiger partial charge on any atom is -0.0235 e. The topological polar surface area (TPSA) is 0 Å². The second kappa shape index (κ2) is 26.1. The van der Waals surface area contributed by atoms with Crippen molar-refractivity contribution in [2.75, 3.05) is 0 Å². The summed E-state index contributed by atoms with van der Waals surface area (Å²) in [6.45, 7) is 23.4. The Balaban J connectivity index is 0.000000150. The molecule has 0 aliphatic heterocycles. The van der Waals surface area contributed by atoms with Crippen LogP contribution in [0.3, 0.4) is 0 Å². The van der Waals surface area contributed by atoms with Crippen molar-refractivity contribution in [3.63, 3.8) is 0 Å². The molecular weight excluding hydrogens is 901 g/mol. The lowest BCUT2D eigenvalue weighted by atomic mass is 9.48. The molecule has 0 aromatic rings. The van der Waals surface area contributed by atoms with E-state index in [9.17, 15) is 0 Å². The molecule has 0 amide bonds. The van der Waals surface area contributed by atoms with Gasteiger partial charge in [-0.05, 0) is 268 Å². The SMILES string of the molecule is CC(C)C.CC(C)C.CCCCC1CCC(C(C)(C)C2C3CCC4CCCCC4C3C3C4CCCCC4CCC32)C1.CCCCC1CCC(C2(C3C4CCC5CCCCC5C4C4C5CCCCC5CCC43)CCC2)C1. The third kappa shape index (κ3) is 12.1. The quantitative estimate of drug-likeness (QED) is 0.205. The molecule has 75 heavy (non-hydrogen) atoms. The smallest absolute Gasteiger partial charge is 0.0235 e. The van der Waals surface area contributed by atoms with Crippen molar-refractivity contribution in [2.45, 2.75) is 320 Å². The summed E-state index contributed by atoms with van der Waals surface area (Å²) in [6, 6.07) is 0. The highest BCUT2D eigenvalue weighted by Gasteiger charge is 2.67. The molecule has 13 fully saturated rings. The van der Waals surface area contributed by atoms with Gasteiger partial charge in [0, 0.05) is 0 Å². The van der Waals surface area contributed by atoms with Crippen LogP contribution in [0.2, 0.25) is 0 Å². The average molecular weight is 1030 g/mol. The highest BCUT2D eigenvalue weighted by atomic mass is 14.7. The van der Waals surface area contributed by atoms with Crippen molar-refractivity contribution in [1.82, 2.24) is 0 Å². The van der Waals surface area contributed by atoms with Gasteiger partial charge in [-0.3, -0.25) is 0 Å². The van der Waals surface area contributed by atoms with Crippen LogP contribution in [0.15, 0.2) is 0 Å². The van der Waals surface area contributed by atoms with Gasteiger partial charge >= 0.3 is 0 Å². The Hall–Kier alpha value is 0. The van der Waals surface area contributed by atoms with Crippen molar-refractivity contribution in [1.29, 1.82) is 0 Å². The number of hydrogen-bond acceptors (Lipinski definition) is 0. The maximum absolute atomic E-state index is 2.81. The summed E-state index contributed by atoms with van der Waals surface area (Å²) in [5, 5.41) is 0. The molecule has 432 valence electrons. The minimum absolute atomic E-state index is 0.590. The van der Waals surface area contributed by atoms with E-state index in [1.165, 1.54) is 43.9 Å². The van der Waals surface area contributed by atoms with Gasteiger partial charge < -0.3 is 0 Å². The average Bonchev–Trinajstić information content (AvgIpc) is 4.22. The van der Waals surface area contributed by atoms with Gasteiger partial charge in [0.15, 0.2) is 0 Å². The van der Waals surface area contributed by atoms with Gasteiger partial charge in [-0.25, -0.2) is 0 Å². The van der Waals surface area contributed by atoms with Gasteiger partial charge in [0.2, 0.25) is 0 Å². The highest BCUT2D eigenvalue weighted by molar-refractivity contribution is 5.16. The van der Waals surface area contributed by atoms with E-state index in [0.717, 1.165) is 136 Å². The Bertz CT molecular complexity index is 1610. The minimum Gasteiger partial charge on any atom is -0.0654 e. The van der Waals surface area contributed by atoms with Gasteiger partial charge in [0.25, 0.3) is 0 Å². The first kappa shape index (κ1) is 58.2. The Morgan fingerprint density at radius 1 is 0.373 bits per heavy atom. The molecule has 0 saturated heterocycles. The van der Waals surface area contributed by atoms with Crippen LogP contribution in [0.25, 0.3) is 0 Å². The molecule has 0 bridgehead atoms. The molecule has 0 aromatic carbocycles. The summed E-state index contributed by atoms with van der Waals surface area (Å²) in [5.41, 5.74) is 1.40. The third-order valence-corrected chi connectivity index (χ3v) is 27.7. The summed E-state index contributed by atoms with van der Waals surface area (Å²) < 4.78 is 0. The first-order chi connectivity index (χ1) is 36.4. The fourth-order valence-corrected chi connectivity index (χ4v) is 25.4. The molecule has 0 heterocycles. The van der Waals surface area contributed by atoms with E-state index in [0.29, 0.717) is 5.41 Å². The molecule has 13 saturated carbocycles. The van der Waals surface area contributed by atoms with E-state index in [-0.39, 0.29) is 0 Å². The lowest BCUT2D eigenvalue weighted by molar-refractivity contribution is -0.0771. The van der Waals surface area contributed by atoms with Crippen LogP contribution in [-0.4, -0.2) is 0 Å². The standard InChI is InChI=1S/C34H56.C33H56.2C4H10/c1-2-3-9-23-14-17-26(22-23)34(20-8-21-34)33-29-18-15-24-10-4-6-12-27(24)31(29)32-28-13-7-5-11-25(28)16-19-30(32)33;1-4-5-10-22-15-18-25(21-22)33(2,3)32-28-19-16-23-11-6-8-13-26(23)30(28)31-27-14-9-7-12-24(27)17-20-29(31)32;2*1-4(2)3/h23-33H,2-22H2,1H3;22-32H,4-21H2,1-3H3;2*4H,1-3H3. The molecule has 13 rings (SSSR count). The minimum atomic E-state index is 0.590. The number of hydrogen-bond donors (Lipinski definition) is 0. The molecule has 0 aromatic heterocycles. The third-order valence-electron chi connectivity index (χ3n) is 27.7. The van der Waals surface area contributed by atoms with Crippen LogP contribution < -0.4 is 0 Å². The lowest BCUT2D eigenvalue weighted by Crippen LogP contribution is -2.49. The lowest BCUT2D eigenvalue weighted by Gasteiger charge is -2.57. The highest BCUT2D eigenvalue weighted by Crippen LogP contribution is 2.74. The van der Waals surface area contributed by atoms with Crippen molar-refractivity contribution in [3.05, 3.63) is 0 Å². The van der Waals surface area contributed by atoms with E-state index in [2.05, 4.69) is 69.2 Å². The fourth-order valence-electron chi connectivity index (χ4n) is 25.4. The van der Waals surface area contributed by atoms with E-state index in [1.807, 2.05) is 0 Å². The van der Waals surface area contributed by atoms with E-state index in [4.69, 9.17) is 0 Å². The predicted octanol–water partition coefficient (Wildman–Crippen LogP) is 23.3. The van der Waals surface area contributed by atoms with Crippen molar-refractivity contribution >= 4 is 0 Å². The zero-order valence-electron chi connectivity index (χ0n) is 52.4. The molecule has 0 nitrogen and oxygen atoms in total. The number of unbranched alkanes of at least 4 members (excludes halogenated alkanes) is 2. The van der Waals surface area contributed by atoms with Gasteiger partial charge in [-0.15, -0.1) is 0 Å². The van der Waals surface area contributed by atoms with Gasteiger partial charge in [-0.2, -0.15) is 0 Å². The summed E-state index contributed by atoms with van der Waals surface area (Å²) in [5.74, 6) is 26.4. The van der Waals surface area contributed by atoms with Crippen LogP contribution in [0.1, 0.15) is 320 Å². The molecule has 0 N–H and O–H groups in total. The van der Waals surface area contributed by atoms with Gasteiger partial charge in [0.05, 0.1) is 0 Å². The van der Waals surface area contributed by atoms with Crippen LogP contribution >= 0.6 is 0 Å². The van der Waals surface area contributed by atoms with Gasteiger partial charge in [0.1, 0.15) is 0 Å². The van der Waals surface area contributed by atoms with Crippen LogP contribution in [0, 0.1) is 153 Å². The van der Waals surface area contributed by atoms with E-state index < -0.39 is 0 Å². The molecular formula is C75H132. The molecule has 13 aliphatic carbocycles. The van der Waals surface area contributed by atoms with Crippen molar-refractivity contribution in [3.8, 4) is 0 Å². The Labute approximate surface area is 470 Å². The van der Waals surface area contributed by atoms with Crippen molar-refractivity contribution in [2.24, 2.45) is 153 Å². The zero-order chi connectivity index (χ0) is 52.4. The van der Waals surface area contributed by atoms with E-state index in [1.54, 1.807) is 218 Å². The summed E-state index contributed by atoms with van der Waals surface area (Å²) in [7, 11) is 0. The molecule has 13 aliphatic rings. The fraction of sp³-hybridized carbons (Fsp3) is 1.00. The second-order valence-electron chi connectivity index (χ2n) is 33.6. The van der Waals surface area contributed by atoms with Crippen LogP contribution in [0.4, 0.5) is 0 Å². The normalized spacial score (nSPS) is 46.2. The number of fused-ring (bicyclic) bond motifs is 14. The predicted molar refractivity (Wildman–Crippen MR) is 325 cm³/mol. The molecule has 0 heteroatoms. The van der Waals surface area contributed by atoms with Crippen molar-refractivity contribution < 1.29 is 0 Å². The van der Waals surface area contributed by atoms with Crippen LogP contribution in [-0.2, 0) is 0 Å². The molecule has 20 unspecified atom stereocenters. The Morgan fingerprint density at radius 3 is 1.12 bits per heavy atom.